The van der Waals surface area contributed by atoms with Crippen LogP contribution in [0.15, 0.2) is 71.8 Å². The van der Waals surface area contributed by atoms with Gasteiger partial charge in [-0.15, -0.1) is 0 Å². The maximum atomic E-state index is 13.8. The summed E-state index contributed by atoms with van der Waals surface area (Å²) in [5.74, 6) is -1.78. The Hall–Kier alpha value is -4.06. The highest BCUT2D eigenvalue weighted by Gasteiger charge is 2.33. The first-order valence-electron chi connectivity index (χ1n) is 10.3. The van der Waals surface area contributed by atoms with Crippen LogP contribution in [0.1, 0.15) is 21.6 Å². The Morgan fingerprint density at radius 1 is 1.06 bits per heavy atom. The van der Waals surface area contributed by atoms with Crippen LogP contribution < -0.4 is 10.6 Å². The number of aromatic nitrogens is 2. The van der Waals surface area contributed by atoms with Crippen molar-refractivity contribution in [3.8, 4) is 0 Å². The molecule has 0 radical (unpaired) electrons. The number of carbonyl (C=O) groups excluding carboxylic acids is 1. The van der Waals surface area contributed by atoms with Gasteiger partial charge in [0.2, 0.25) is 0 Å². The van der Waals surface area contributed by atoms with E-state index in [2.05, 4.69) is 9.97 Å². The quantitative estimate of drug-likeness (QED) is 0.387. The molecule has 0 aliphatic heterocycles. The summed E-state index contributed by atoms with van der Waals surface area (Å²) in [5.41, 5.74) is 5.05. The van der Waals surface area contributed by atoms with Gasteiger partial charge >= 0.3 is 6.18 Å². The number of rotatable bonds is 5. The first kappa shape index (κ1) is 25.0. The first-order chi connectivity index (χ1) is 16.8. The largest absolute Gasteiger partial charge is 0.433 e. The molecule has 186 valence electrons. The fraction of sp³-hybridized carbons (Fsp3) is 0.125. The molecule has 1 amide bonds. The van der Waals surface area contributed by atoms with E-state index in [9.17, 15) is 30.8 Å². The van der Waals surface area contributed by atoms with E-state index in [0.717, 1.165) is 23.4 Å². The number of para-hydroxylation sites is 1. The minimum atomic E-state index is -4.69. The number of fused-ring (bicyclic) bond motifs is 1. The van der Waals surface area contributed by atoms with Crippen molar-refractivity contribution < 1.29 is 30.8 Å². The molecule has 7 nitrogen and oxygen atoms in total. The molecule has 0 aliphatic carbocycles. The molecule has 2 aromatic carbocycles. The van der Waals surface area contributed by atoms with Gasteiger partial charge in [-0.25, -0.2) is 17.8 Å². The van der Waals surface area contributed by atoms with Gasteiger partial charge in [-0.1, -0.05) is 24.3 Å². The van der Waals surface area contributed by atoms with Crippen molar-refractivity contribution in [3.63, 3.8) is 0 Å². The molecule has 0 spiro atoms. The van der Waals surface area contributed by atoms with Crippen molar-refractivity contribution in [2.45, 2.75) is 17.6 Å². The second kappa shape index (κ2) is 9.19. The second-order valence-electron chi connectivity index (χ2n) is 7.94. The van der Waals surface area contributed by atoms with E-state index in [4.69, 9.17) is 5.73 Å². The number of alkyl halides is 3. The van der Waals surface area contributed by atoms with Crippen LogP contribution in [0, 0.1) is 5.82 Å². The topological polar surface area (TPSA) is 106 Å². The molecule has 12 heteroatoms. The SMILES string of the molecule is CS(=O)(=O)c1ccccc1N(Cc1ccc2cc(F)c(N)nc2c1)C(=O)c1ccc(C(F)(F)F)nc1. The normalized spacial score (nSPS) is 12.0. The van der Waals surface area contributed by atoms with Gasteiger partial charge in [0.25, 0.3) is 5.91 Å². The van der Waals surface area contributed by atoms with Crippen LogP contribution >= 0.6 is 0 Å². The number of benzene rings is 2. The molecule has 2 heterocycles. The van der Waals surface area contributed by atoms with Gasteiger partial charge in [0.1, 0.15) is 5.69 Å². The summed E-state index contributed by atoms with van der Waals surface area (Å²) in [6.07, 6.45) is -2.93. The van der Waals surface area contributed by atoms with Crippen molar-refractivity contribution >= 4 is 38.2 Å². The Morgan fingerprint density at radius 3 is 2.42 bits per heavy atom. The summed E-state index contributed by atoms with van der Waals surface area (Å²) in [6, 6.07) is 13.3. The zero-order valence-corrected chi connectivity index (χ0v) is 19.4. The average Bonchev–Trinajstić information content (AvgIpc) is 2.82. The number of hydrogen-bond acceptors (Lipinski definition) is 6. The predicted molar refractivity (Wildman–Crippen MR) is 125 cm³/mol. The Kier molecular flexibility index (Phi) is 6.39. The maximum Gasteiger partial charge on any atom is 0.433 e. The number of nitrogens with zero attached hydrogens (tertiary/aromatic N) is 3. The van der Waals surface area contributed by atoms with Gasteiger partial charge in [0, 0.05) is 17.8 Å². The molecule has 2 aromatic heterocycles. The van der Waals surface area contributed by atoms with Crippen LogP contribution in [0.4, 0.5) is 29.1 Å². The van der Waals surface area contributed by atoms with Gasteiger partial charge in [-0.3, -0.25) is 9.78 Å². The molecule has 0 saturated carbocycles. The Labute approximate surface area is 203 Å². The van der Waals surface area contributed by atoms with Gasteiger partial charge in [-0.2, -0.15) is 13.2 Å². The lowest BCUT2D eigenvalue weighted by atomic mass is 10.1. The Balaban J connectivity index is 1.81. The summed E-state index contributed by atoms with van der Waals surface area (Å²) < 4.78 is 77.4. The molecule has 4 aromatic rings. The van der Waals surface area contributed by atoms with Crippen LogP contribution in [0.25, 0.3) is 10.9 Å². The second-order valence-corrected chi connectivity index (χ2v) is 9.93. The van der Waals surface area contributed by atoms with Crippen molar-refractivity contribution in [1.82, 2.24) is 9.97 Å². The van der Waals surface area contributed by atoms with Crippen molar-refractivity contribution in [1.29, 1.82) is 0 Å². The van der Waals surface area contributed by atoms with Crippen LogP contribution in [-0.4, -0.2) is 30.5 Å². The van der Waals surface area contributed by atoms with E-state index in [-0.39, 0.29) is 28.5 Å². The Morgan fingerprint density at radius 2 is 1.78 bits per heavy atom. The van der Waals surface area contributed by atoms with Crippen molar-refractivity contribution in [2.24, 2.45) is 0 Å². The summed E-state index contributed by atoms with van der Waals surface area (Å²) >= 11 is 0. The van der Waals surface area contributed by atoms with E-state index in [1.165, 1.54) is 30.3 Å². The highest BCUT2D eigenvalue weighted by Crippen LogP contribution is 2.30. The molecule has 0 fully saturated rings. The summed E-state index contributed by atoms with van der Waals surface area (Å²) in [7, 11) is -3.79. The molecule has 0 aliphatic rings. The zero-order valence-electron chi connectivity index (χ0n) is 18.6. The predicted octanol–water partition coefficient (Wildman–Crippen LogP) is 4.62. The number of hydrogen-bond donors (Lipinski definition) is 1. The van der Waals surface area contributed by atoms with E-state index < -0.39 is 33.4 Å². The third-order valence-electron chi connectivity index (χ3n) is 5.30. The highest BCUT2D eigenvalue weighted by molar-refractivity contribution is 7.90. The monoisotopic (exact) mass is 518 g/mol. The van der Waals surface area contributed by atoms with Crippen molar-refractivity contribution in [3.05, 3.63) is 89.5 Å². The molecule has 36 heavy (non-hydrogen) atoms. The lowest BCUT2D eigenvalue weighted by Gasteiger charge is -2.25. The molecule has 4 rings (SSSR count). The minimum Gasteiger partial charge on any atom is -0.381 e. The number of anilines is 2. The highest BCUT2D eigenvalue weighted by atomic mass is 32.2. The van der Waals surface area contributed by atoms with Crippen LogP contribution in [0.5, 0.6) is 0 Å². The summed E-state index contributed by atoms with van der Waals surface area (Å²) in [5, 5.41) is 0.451. The number of sulfone groups is 1. The third kappa shape index (κ3) is 5.13. The fourth-order valence-corrected chi connectivity index (χ4v) is 4.47. The lowest BCUT2D eigenvalue weighted by molar-refractivity contribution is -0.141. The standard InChI is InChI=1S/C24H18F4N4O3S/c1-36(34,35)20-5-3-2-4-19(20)32(23(33)16-8-9-21(30-12-16)24(26,27)28)13-14-6-7-15-11-17(25)22(29)31-18(15)10-14/h2-12H,13H2,1H3,(H2,29,31). The minimum absolute atomic E-state index is 0.0246. The summed E-state index contributed by atoms with van der Waals surface area (Å²) in [4.78, 5) is 21.8. The number of nitrogen functional groups attached to an aromatic ring is 1. The molecule has 0 unspecified atom stereocenters. The first-order valence-corrected chi connectivity index (χ1v) is 12.2. The number of amides is 1. The number of pyridine rings is 2. The molecule has 0 atom stereocenters. The number of halogens is 4. The molecular weight excluding hydrogens is 500 g/mol. The van der Waals surface area contributed by atoms with Gasteiger partial charge < -0.3 is 10.6 Å². The fourth-order valence-electron chi connectivity index (χ4n) is 3.59. The summed E-state index contributed by atoms with van der Waals surface area (Å²) in [6.45, 7) is -0.179. The van der Waals surface area contributed by atoms with E-state index >= 15 is 0 Å². The van der Waals surface area contributed by atoms with Gasteiger partial charge in [-0.05, 0) is 42.0 Å². The number of nitrogens with two attached hydrogens (primary N) is 1. The molecule has 0 saturated heterocycles. The van der Waals surface area contributed by atoms with Crippen LogP contribution in [0.2, 0.25) is 0 Å². The van der Waals surface area contributed by atoms with E-state index in [0.29, 0.717) is 22.5 Å². The smallest absolute Gasteiger partial charge is 0.381 e. The van der Waals surface area contributed by atoms with E-state index in [1.807, 2.05) is 0 Å². The molecular formula is C24H18F4N4O3S. The van der Waals surface area contributed by atoms with Gasteiger partial charge in [0.05, 0.1) is 28.2 Å². The number of carbonyl (C=O) groups is 1. The lowest BCUT2D eigenvalue weighted by Crippen LogP contribution is -2.32. The van der Waals surface area contributed by atoms with Crippen molar-refractivity contribution in [2.75, 3.05) is 16.9 Å². The van der Waals surface area contributed by atoms with Gasteiger partial charge in [0.15, 0.2) is 21.5 Å². The average molecular weight is 518 g/mol. The third-order valence-corrected chi connectivity index (χ3v) is 6.45. The molecule has 0 bridgehead atoms. The Bertz CT molecular complexity index is 1570. The zero-order chi connectivity index (χ0) is 26.3. The molecule has 2 N–H and O–H groups in total. The van der Waals surface area contributed by atoms with E-state index in [1.54, 1.807) is 18.2 Å². The maximum absolute atomic E-state index is 13.8. The van der Waals surface area contributed by atoms with Crippen LogP contribution in [-0.2, 0) is 22.6 Å². The van der Waals surface area contributed by atoms with Crippen LogP contribution in [0.3, 0.4) is 0 Å².